The second-order valence-corrected chi connectivity index (χ2v) is 6.28. The van der Waals surface area contributed by atoms with Gasteiger partial charge >= 0.3 is 5.97 Å². The monoisotopic (exact) mass is 433 g/mol. The largest absolute Gasteiger partial charge is 0.496 e. The number of hydrogen-bond donors (Lipinski definition) is 4. The van der Waals surface area contributed by atoms with Gasteiger partial charge in [0, 0.05) is 12.1 Å². The van der Waals surface area contributed by atoms with Gasteiger partial charge in [0.05, 0.1) is 32.2 Å². The van der Waals surface area contributed by atoms with Crippen LogP contribution >= 0.6 is 0 Å². The third kappa shape index (κ3) is 11.4. The number of rotatable bonds is 4. The lowest BCUT2D eigenvalue weighted by Crippen LogP contribution is -2.11. The summed E-state index contributed by atoms with van der Waals surface area (Å²) >= 11 is 0. The average Bonchev–Trinajstić information content (AvgIpc) is 3.36. The number of nitrogens with one attached hydrogen (secondary N) is 2. The molecule has 1 aliphatic carbocycles. The van der Waals surface area contributed by atoms with E-state index in [2.05, 4.69) is 9.73 Å². The molecule has 1 aliphatic rings. The molecule has 2 aromatic carbocycles. The van der Waals surface area contributed by atoms with E-state index in [1.54, 1.807) is 25.3 Å². The van der Waals surface area contributed by atoms with Gasteiger partial charge in [-0.05, 0) is 43.2 Å². The Morgan fingerprint density at radius 2 is 1.77 bits per heavy atom. The van der Waals surface area contributed by atoms with Gasteiger partial charge in [-0.2, -0.15) is 0 Å². The Balaban J connectivity index is 0.000000437. The maximum Gasteiger partial charge on any atom is 0.308 e. The molecule has 0 bridgehead atoms. The summed E-state index contributed by atoms with van der Waals surface area (Å²) in [6.45, 7) is 0.428. The van der Waals surface area contributed by atoms with E-state index in [1.807, 2.05) is 18.2 Å². The highest BCUT2D eigenvalue weighted by molar-refractivity contribution is 5.72. The summed E-state index contributed by atoms with van der Waals surface area (Å²) in [4.78, 5) is 14.7. The highest BCUT2D eigenvalue weighted by atomic mass is 19.1. The molecule has 6 N–H and O–H groups in total. The Bertz CT molecular complexity index is 769. The molecule has 0 spiro atoms. The number of nitrogens with two attached hydrogens (primary N) is 2. The van der Waals surface area contributed by atoms with Crippen molar-refractivity contribution in [2.45, 2.75) is 32.2 Å². The van der Waals surface area contributed by atoms with Crippen molar-refractivity contribution in [2.75, 3.05) is 14.2 Å². The van der Waals surface area contributed by atoms with Crippen LogP contribution in [0.5, 0.6) is 5.75 Å². The summed E-state index contributed by atoms with van der Waals surface area (Å²) in [7, 11) is 3.07. The van der Waals surface area contributed by atoms with E-state index in [9.17, 15) is 9.18 Å². The minimum atomic E-state index is -0.178. The normalized spacial score (nSPS) is 12.4. The number of benzene rings is 2. The fourth-order valence-electron chi connectivity index (χ4n) is 2.83. The standard InChI is InChI=1S/C9H13N3O.C7H12O2.C6H5F.H2N2/c1-13-9-3-2-8(12-6-11)4-7(9)5-10;1-9-7(8)6-4-2-3-5-6;7-6-4-2-1-3-5-6;1-2/h2-4,6H,5,10H2,1H3,(H2,11,12);6H,2-5H2,1H3;1-5H;1-2H. The second-order valence-electron chi connectivity index (χ2n) is 6.28. The third-order valence-corrected chi connectivity index (χ3v) is 4.33. The van der Waals surface area contributed by atoms with Gasteiger partial charge in [0.25, 0.3) is 0 Å². The van der Waals surface area contributed by atoms with Gasteiger partial charge in [-0.3, -0.25) is 4.79 Å². The van der Waals surface area contributed by atoms with Crippen LogP contribution in [0.3, 0.4) is 0 Å². The quantitative estimate of drug-likeness (QED) is 0.242. The third-order valence-electron chi connectivity index (χ3n) is 4.33. The zero-order valence-corrected chi connectivity index (χ0v) is 18.0. The smallest absolute Gasteiger partial charge is 0.308 e. The zero-order chi connectivity index (χ0) is 23.5. The summed E-state index contributed by atoms with van der Waals surface area (Å²) in [5, 5.41) is 0. The summed E-state index contributed by atoms with van der Waals surface area (Å²) in [6.07, 6.45) is 5.71. The van der Waals surface area contributed by atoms with Gasteiger partial charge in [-0.25, -0.2) is 20.4 Å². The van der Waals surface area contributed by atoms with Crippen LogP contribution in [0.4, 0.5) is 10.1 Å². The second kappa shape index (κ2) is 17.5. The first-order valence-corrected chi connectivity index (χ1v) is 9.70. The Hall–Kier alpha value is -3.33. The molecule has 31 heavy (non-hydrogen) atoms. The molecule has 0 radical (unpaired) electrons. The molecule has 1 saturated carbocycles. The number of hydrogen-bond acceptors (Lipinski definition) is 7. The van der Waals surface area contributed by atoms with Crippen molar-refractivity contribution >= 4 is 18.0 Å². The van der Waals surface area contributed by atoms with E-state index in [-0.39, 0.29) is 17.7 Å². The van der Waals surface area contributed by atoms with Crippen LogP contribution < -0.4 is 16.2 Å². The minimum absolute atomic E-state index is 0.0208. The van der Waals surface area contributed by atoms with Crippen LogP contribution in [-0.4, -0.2) is 26.5 Å². The highest BCUT2D eigenvalue weighted by Crippen LogP contribution is 2.25. The van der Waals surface area contributed by atoms with Gasteiger partial charge in [0.2, 0.25) is 0 Å². The predicted molar refractivity (Wildman–Crippen MR) is 119 cm³/mol. The number of halogens is 1. The summed E-state index contributed by atoms with van der Waals surface area (Å²) in [5.74, 6) is 0.795. The van der Waals surface area contributed by atoms with Crippen LogP contribution in [0.2, 0.25) is 0 Å². The minimum Gasteiger partial charge on any atom is -0.496 e. The molecule has 0 aromatic heterocycles. The number of esters is 1. The molecule has 0 atom stereocenters. The van der Waals surface area contributed by atoms with Gasteiger partial charge < -0.3 is 20.9 Å². The molecule has 0 saturated heterocycles. The van der Waals surface area contributed by atoms with Crippen LogP contribution in [0, 0.1) is 22.8 Å². The molecule has 8 nitrogen and oxygen atoms in total. The number of carbonyl (C=O) groups excluding carboxylic acids is 1. The van der Waals surface area contributed by atoms with E-state index >= 15 is 0 Å². The van der Waals surface area contributed by atoms with Crippen molar-refractivity contribution in [3.63, 3.8) is 0 Å². The summed E-state index contributed by atoms with van der Waals surface area (Å²) < 4.78 is 21.6. The lowest BCUT2D eigenvalue weighted by atomic mass is 10.1. The fraction of sp³-hybridized carbons (Fsp3) is 0.364. The average molecular weight is 434 g/mol. The van der Waals surface area contributed by atoms with Crippen LogP contribution in [0.25, 0.3) is 0 Å². The SMILES string of the molecule is COC(=O)C1CCCC1.COc1ccc(N=CN)cc1CN.Fc1ccccc1.N=N. The Morgan fingerprint density at radius 3 is 2.19 bits per heavy atom. The van der Waals surface area contributed by atoms with Crippen molar-refractivity contribution < 1.29 is 18.7 Å². The Labute approximate surface area is 182 Å². The van der Waals surface area contributed by atoms with Crippen molar-refractivity contribution in [1.82, 2.24) is 0 Å². The van der Waals surface area contributed by atoms with Crippen molar-refractivity contribution in [3.8, 4) is 5.75 Å². The van der Waals surface area contributed by atoms with Gasteiger partial charge in [-0.1, -0.05) is 31.0 Å². The first-order valence-electron chi connectivity index (χ1n) is 9.70. The number of ether oxygens (including phenoxy) is 2. The predicted octanol–water partition coefficient (Wildman–Crippen LogP) is 4.54. The number of carbonyl (C=O) groups is 1. The molecule has 1 fully saturated rings. The maximum absolute atomic E-state index is 11.9. The number of methoxy groups -OCH3 is 2. The lowest BCUT2D eigenvalue weighted by molar-refractivity contribution is -0.145. The van der Waals surface area contributed by atoms with Crippen molar-refractivity contribution in [2.24, 2.45) is 22.4 Å². The molecule has 0 heterocycles. The van der Waals surface area contributed by atoms with Gasteiger partial charge in [0.15, 0.2) is 0 Å². The first-order chi connectivity index (χ1) is 15.0. The van der Waals surface area contributed by atoms with Crippen molar-refractivity contribution in [3.05, 3.63) is 59.9 Å². The van der Waals surface area contributed by atoms with E-state index in [4.69, 9.17) is 27.3 Å². The highest BCUT2D eigenvalue weighted by Gasteiger charge is 2.22. The van der Waals surface area contributed by atoms with Crippen LogP contribution in [0.15, 0.2) is 53.5 Å². The molecule has 170 valence electrons. The van der Waals surface area contributed by atoms with E-state index < -0.39 is 0 Å². The molecule has 0 unspecified atom stereocenters. The maximum atomic E-state index is 11.9. The van der Waals surface area contributed by atoms with Gasteiger partial charge in [0.1, 0.15) is 11.6 Å². The van der Waals surface area contributed by atoms with E-state index in [1.165, 1.54) is 38.4 Å². The van der Waals surface area contributed by atoms with Crippen LogP contribution in [0.1, 0.15) is 31.2 Å². The van der Waals surface area contributed by atoms with E-state index in [0.717, 1.165) is 29.8 Å². The molecule has 2 aromatic rings. The first kappa shape index (κ1) is 27.7. The number of aliphatic imine (C=N–C) groups is 1. The topological polar surface area (TPSA) is 148 Å². The fourth-order valence-corrected chi connectivity index (χ4v) is 2.83. The Kier molecular flexibility index (Phi) is 15.6. The Morgan fingerprint density at radius 1 is 1.16 bits per heavy atom. The molecular formula is C22H32FN5O3. The van der Waals surface area contributed by atoms with E-state index in [0.29, 0.717) is 6.54 Å². The molecular weight excluding hydrogens is 401 g/mol. The van der Waals surface area contributed by atoms with Crippen LogP contribution in [-0.2, 0) is 16.1 Å². The zero-order valence-electron chi connectivity index (χ0n) is 18.0. The van der Waals surface area contributed by atoms with Gasteiger partial charge in [-0.15, -0.1) is 0 Å². The molecule has 3 rings (SSSR count). The summed E-state index contributed by atoms with van der Waals surface area (Å²) in [5.41, 5.74) is 22.4. The lowest BCUT2D eigenvalue weighted by Gasteiger charge is -2.06. The molecule has 0 aliphatic heterocycles. The molecule has 9 heteroatoms. The number of nitrogens with zero attached hydrogens (tertiary/aromatic N) is 1. The molecule has 0 amide bonds. The summed E-state index contributed by atoms with van der Waals surface area (Å²) in [6, 6.07) is 13.4. The van der Waals surface area contributed by atoms with Crippen molar-refractivity contribution in [1.29, 1.82) is 11.1 Å².